The van der Waals surface area contributed by atoms with E-state index in [0.717, 1.165) is 5.56 Å². The van der Waals surface area contributed by atoms with Gasteiger partial charge in [0.15, 0.2) is 0 Å². The van der Waals surface area contributed by atoms with Crippen LogP contribution in [0.4, 0.5) is 0 Å². The number of halogens is 1. The van der Waals surface area contributed by atoms with Crippen molar-refractivity contribution >= 4 is 22.6 Å². The maximum absolute atomic E-state index is 10.2. The highest BCUT2D eigenvalue weighted by molar-refractivity contribution is 14.1. The molecule has 3 nitrogen and oxygen atoms in total. The number of hydrogen-bond acceptors (Lipinski definition) is 2. The second kappa shape index (κ2) is 5.60. The molecular formula is C10H8INO2. The van der Waals surface area contributed by atoms with Crippen molar-refractivity contribution in [1.82, 2.24) is 0 Å². The SMILES string of the molecule is O=[N+]([O-])CC(I)C#Cc1ccccc1. The van der Waals surface area contributed by atoms with Crippen LogP contribution < -0.4 is 0 Å². The zero-order valence-electron chi connectivity index (χ0n) is 7.31. The summed E-state index contributed by atoms with van der Waals surface area (Å²) in [4.78, 5) is 9.80. The van der Waals surface area contributed by atoms with E-state index in [9.17, 15) is 10.1 Å². The monoisotopic (exact) mass is 301 g/mol. The van der Waals surface area contributed by atoms with E-state index in [4.69, 9.17) is 0 Å². The van der Waals surface area contributed by atoms with Crippen LogP contribution in [-0.4, -0.2) is 15.4 Å². The van der Waals surface area contributed by atoms with Crippen molar-refractivity contribution in [2.75, 3.05) is 6.54 Å². The molecule has 0 N–H and O–H groups in total. The molecule has 1 aromatic carbocycles. The highest BCUT2D eigenvalue weighted by Crippen LogP contribution is 2.00. The highest BCUT2D eigenvalue weighted by atomic mass is 127. The van der Waals surface area contributed by atoms with Gasteiger partial charge in [-0.05, 0) is 12.1 Å². The van der Waals surface area contributed by atoms with Crippen LogP contribution >= 0.6 is 22.6 Å². The summed E-state index contributed by atoms with van der Waals surface area (Å²) in [6, 6.07) is 9.44. The number of rotatable bonds is 2. The third-order valence-corrected chi connectivity index (χ3v) is 2.16. The third-order valence-electron chi connectivity index (χ3n) is 1.46. The standard InChI is InChI=1S/C10H8INO2/c11-10(8-12(13)14)7-6-9-4-2-1-3-5-9/h1-5,10H,8H2. The minimum Gasteiger partial charge on any atom is -0.264 e. The lowest BCUT2D eigenvalue weighted by atomic mass is 10.2. The second-order valence-electron chi connectivity index (χ2n) is 2.62. The van der Waals surface area contributed by atoms with Crippen LogP contribution in [0.15, 0.2) is 30.3 Å². The fourth-order valence-electron chi connectivity index (χ4n) is 0.860. The summed E-state index contributed by atoms with van der Waals surface area (Å²) >= 11 is 1.97. The van der Waals surface area contributed by atoms with Crippen LogP contribution in [0.5, 0.6) is 0 Å². The van der Waals surface area contributed by atoms with E-state index in [2.05, 4.69) is 11.8 Å². The Kier molecular flexibility index (Phi) is 4.40. The van der Waals surface area contributed by atoms with Gasteiger partial charge in [0, 0.05) is 10.5 Å². The lowest BCUT2D eigenvalue weighted by Crippen LogP contribution is -2.11. The molecule has 0 aromatic heterocycles. The molecular weight excluding hydrogens is 293 g/mol. The zero-order valence-corrected chi connectivity index (χ0v) is 9.47. The summed E-state index contributed by atoms with van der Waals surface area (Å²) in [7, 11) is 0. The summed E-state index contributed by atoms with van der Waals surface area (Å²) in [5.41, 5.74) is 0.887. The predicted molar refractivity (Wildman–Crippen MR) is 63.0 cm³/mol. The molecule has 0 aliphatic rings. The Labute approximate surface area is 95.8 Å². The van der Waals surface area contributed by atoms with Crippen molar-refractivity contribution in [2.45, 2.75) is 3.92 Å². The average Bonchev–Trinajstić information content (AvgIpc) is 2.15. The molecule has 0 aliphatic heterocycles. The summed E-state index contributed by atoms with van der Waals surface area (Å²) in [5, 5.41) is 10.2. The summed E-state index contributed by atoms with van der Waals surface area (Å²) in [6.45, 7) is -0.111. The number of nitrogens with zero attached hydrogens (tertiary/aromatic N) is 1. The molecule has 0 saturated heterocycles. The van der Waals surface area contributed by atoms with Crippen molar-refractivity contribution in [3.8, 4) is 11.8 Å². The lowest BCUT2D eigenvalue weighted by molar-refractivity contribution is -0.476. The Morgan fingerprint density at radius 2 is 2.07 bits per heavy atom. The van der Waals surface area contributed by atoms with Crippen molar-refractivity contribution in [3.05, 3.63) is 46.0 Å². The zero-order chi connectivity index (χ0) is 10.4. The van der Waals surface area contributed by atoms with Gasteiger partial charge in [-0.1, -0.05) is 52.6 Å². The van der Waals surface area contributed by atoms with Gasteiger partial charge in [-0.25, -0.2) is 0 Å². The van der Waals surface area contributed by atoms with Crippen molar-refractivity contribution in [1.29, 1.82) is 0 Å². The fraction of sp³-hybridized carbons (Fsp3) is 0.200. The second-order valence-corrected chi connectivity index (χ2v) is 4.12. The largest absolute Gasteiger partial charge is 0.264 e. The Morgan fingerprint density at radius 1 is 1.43 bits per heavy atom. The topological polar surface area (TPSA) is 43.1 Å². The molecule has 1 rings (SSSR count). The molecule has 0 radical (unpaired) electrons. The number of benzene rings is 1. The van der Waals surface area contributed by atoms with Crippen LogP contribution in [0.1, 0.15) is 5.56 Å². The Morgan fingerprint density at radius 3 is 2.64 bits per heavy atom. The third kappa shape index (κ3) is 4.23. The van der Waals surface area contributed by atoms with Crippen LogP contribution in [-0.2, 0) is 0 Å². The van der Waals surface area contributed by atoms with E-state index in [0.29, 0.717) is 0 Å². The normalized spacial score (nSPS) is 11.2. The molecule has 1 unspecified atom stereocenters. The van der Waals surface area contributed by atoms with Crippen LogP contribution in [0.2, 0.25) is 0 Å². The Bertz CT molecular complexity index is 367. The molecule has 0 bridgehead atoms. The van der Waals surface area contributed by atoms with E-state index in [-0.39, 0.29) is 15.4 Å². The first-order chi connectivity index (χ1) is 6.68. The van der Waals surface area contributed by atoms with Gasteiger partial charge in [0.2, 0.25) is 6.54 Å². The smallest absolute Gasteiger partial charge is 0.226 e. The van der Waals surface area contributed by atoms with Gasteiger partial charge in [0.25, 0.3) is 0 Å². The van der Waals surface area contributed by atoms with E-state index in [1.54, 1.807) is 0 Å². The highest BCUT2D eigenvalue weighted by Gasteiger charge is 2.06. The van der Waals surface area contributed by atoms with Gasteiger partial charge in [0.05, 0.1) is 0 Å². The first-order valence-corrected chi connectivity index (χ1v) is 5.25. The molecule has 1 aromatic rings. The predicted octanol–water partition coefficient (Wildman–Crippen LogP) is 2.12. The molecule has 14 heavy (non-hydrogen) atoms. The van der Waals surface area contributed by atoms with Crippen molar-refractivity contribution in [2.24, 2.45) is 0 Å². The van der Waals surface area contributed by atoms with Gasteiger partial charge in [-0.3, -0.25) is 10.1 Å². The average molecular weight is 301 g/mol. The van der Waals surface area contributed by atoms with E-state index in [1.807, 2.05) is 52.9 Å². The summed E-state index contributed by atoms with van der Waals surface area (Å²) < 4.78 is -0.234. The molecule has 0 amide bonds. The van der Waals surface area contributed by atoms with Crippen LogP contribution in [0, 0.1) is 22.0 Å². The van der Waals surface area contributed by atoms with Crippen molar-refractivity contribution < 1.29 is 4.92 Å². The maximum atomic E-state index is 10.2. The van der Waals surface area contributed by atoms with E-state index in [1.165, 1.54) is 0 Å². The van der Waals surface area contributed by atoms with E-state index >= 15 is 0 Å². The summed E-state index contributed by atoms with van der Waals surface area (Å²) in [5.74, 6) is 5.71. The van der Waals surface area contributed by atoms with E-state index < -0.39 is 0 Å². The minimum atomic E-state index is -0.350. The molecule has 0 heterocycles. The van der Waals surface area contributed by atoms with Gasteiger partial charge < -0.3 is 0 Å². The maximum Gasteiger partial charge on any atom is 0.226 e. The summed E-state index contributed by atoms with van der Waals surface area (Å²) in [6.07, 6.45) is 0. The molecule has 0 fully saturated rings. The number of hydrogen-bond donors (Lipinski definition) is 0. The van der Waals surface area contributed by atoms with Gasteiger partial charge >= 0.3 is 0 Å². The fourth-order valence-corrected chi connectivity index (χ4v) is 1.34. The van der Waals surface area contributed by atoms with Gasteiger partial charge in [-0.2, -0.15) is 0 Å². The molecule has 0 aliphatic carbocycles. The molecule has 72 valence electrons. The van der Waals surface area contributed by atoms with Crippen LogP contribution in [0.25, 0.3) is 0 Å². The quantitative estimate of drug-likeness (QED) is 0.276. The first-order valence-electron chi connectivity index (χ1n) is 4.01. The first kappa shape index (κ1) is 11.0. The number of nitro groups is 1. The Balaban J connectivity index is 2.60. The van der Waals surface area contributed by atoms with Crippen LogP contribution in [0.3, 0.4) is 0 Å². The van der Waals surface area contributed by atoms with Gasteiger partial charge in [0.1, 0.15) is 3.92 Å². The molecule has 4 heteroatoms. The molecule has 0 spiro atoms. The molecule has 1 atom stereocenters. The minimum absolute atomic E-state index is 0.111. The molecule has 0 saturated carbocycles. The lowest BCUT2D eigenvalue weighted by Gasteiger charge is -1.93. The van der Waals surface area contributed by atoms with Gasteiger partial charge in [-0.15, -0.1) is 0 Å². The number of alkyl halides is 1. The Hall–Kier alpha value is -1.09. The van der Waals surface area contributed by atoms with Crippen molar-refractivity contribution in [3.63, 3.8) is 0 Å².